The highest BCUT2D eigenvalue weighted by molar-refractivity contribution is 7.89. The Hall–Kier alpha value is -2.76. The molecule has 36 heavy (non-hydrogen) atoms. The molecule has 4 aromatic rings. The summed E-state index contributed by atoms with van der Waals surface area (Å²) in [5, 5.41) is 4.17. The Labute approximate surface area is 216 Å². The smallest absolute Gasteiger partial charge is 0.256 e. The van der Waals surface area contributed by atoms with Crippen molar-refractivity contribution in [2.75, 3.05) is 31.5 Å². The number of sulfonamides is 1. The van der Waals surface area contributed by atoms with Gasteiger partial charge in [-0.3, -0.25) is 4.79 Å². The van der Waals surface area contributed by atoms with E-state index in [0.29, 0.717) is 22.8 Å². The van der Waals surface area contributed by atoms with Gasteiger partial charge in [0.2, 0.25) is 10.0 Å². The fraction of sp³-hybridized carbons (Fsp3) is 0.250. The quantitative estimate of drug-likeness (QED) is 0.290. The van der Waals surface area contributed by atoms with E-state index < -0.39 is 21.4 Å². The third-order valence-corrected chi connectivity index (χ3v) is 8.20. The second-order valence-electron chi connectivity index (χ2n) is 8.55. The number of fused-ring (bicyclic) bond motifs is 3. The number of hydrogen-bond donors (Lipinski definition) is 3. The predicted molar refractivity (Wildman–Crippen MR) is 140 cm³/mol. The second-order valence-corrected chi connectivity index (χ2v) is 11.1. The minimum Gasteiger partial charge on any atom is -0.337 e. The molecule has 0 amide bonds. The molecule has 0 unspecified atom stereocenters. The van der Waals surface area contributed by atoms with Gasteiger partial charge in [0.1, 0.15) is 11.6 Å². The number of pyridine rings is 2. The fourth-order valence-corrected chi connectivity index (χ4v) is 6.18. The molecule has 0 aliphatic carbocycles. The molecule has 1 aliphatic rings. The summed E-state index contributed by atoms with van der Waals surface area (Å²) >= 11 is 12.9. The lowest BCUT2D eigenvalue weighted by atomic mass is 10.1. The van der Waals surface area contributed by atoms with E-state index >= 15 is 0 Å². The van der Waals surface area contributed by atoms with Crippen molar-refractivity contribution in [1.29, 1.82) is 0 Å². The third kappa shape index (κ3) is 4.91. The van der Waals surface area contributed by atoms with E-state index in [1.807, 2.05) is 0 Å². The van der Waals surface area contributed by atoms with Gasteiger partial charge in [0.15, 0.2) is 0 Å². The molecule has 3 N–H and O–H groups in total. The zero-order valence-corrected chi connectivity index (χ0v) is 21.3. The van der Waals surface area contributed by atoms with Crippen LogP contribution in [0.15, 0.2) is 52.3 Å². The highest BCUT2D eigenvalue weighted by Gasteiger charge is 2.21. The van der Waals surface area contributed by atoms with Crippen LogP contribution in [-0.2, 0) is 10.0 Å². The third-order valence-electron chi connectivity index (χ3n) is 6.16. The van der Waals surface area contributed by atoms with Crippen molar-refractivity contribution in [2.45, 2.75) is 17.7 Å². The van der Waals surface area contributed by atoms with Crippen LogP contribution in [-0.4, -0.2) is 49.5 Å². The first-order chi connectivity index (χ1) is 17.2. The van der Waals surface area contributed by atoms with Crippen molar-refractivity contribution in [3.63, 3.8) is 0 Å². The molecule has 1 aliphatic heterocycles. The van der Waals surface area contributed by atoms with Gasteiger partial charge in [0.05, 0.1) is 31.5 Å². The van der Waals surface area contributed by atoms with Crippen molar-refractivity contribution >= 4 is 66.4 Å². The van der Waals surface area contributed by atoms with Gasteiger partial charge in [-0.1, -0.05) is 23.2 Å². The summed E-state index contributed by atoms with van der Waals surface area (Å²) in [5.74, 6) is -0.232. The van der Waals surface area contributed by atoms with Gasteiger partial charge in [-0.25, -0.2) is 22.5 Å². The maximum atomic E-state index is 13.9. The maximum absolute atomic E-state index is 13.9. The van der Waals surface area contributed by atoms with E-state index in [0.717, 1.165) is 25.9 Å². The Morgan fingerprint density at radius 2 is 1.78 bits per heavy atom. The molecule has 0 saturated carbocycles. The first kappa shape index (κ1) is 24.9. The lowest BCUT2D eigenvalue weighted by Gasteiger charge is -2.16. The van der Waals surface area contributed by atoms with Crippen LogP contribution in [0.1, 0.15) is 12.8 Å². The molecule has 8 nitrogen and oxygen atoms in total. The summed E-state index contributed by atoms with van der Waals surface area (Å²) < 4.78 is 42.1. The van der Waals surface area contributed by atoms with Gasteiger partial charge in [0.25, 0.3) is 5.56 Å². The molecule has 0 atom stereocenters. The van der Waals surface area contributed by atoms with Crippen LogP contribution in [0.3, 0.4) is 0 Å². The van der Waals surface area contributed by atoms with Crippen LogP contribution in [0.4, 0.5) is 15.9 Å². The number of aromatic amines is 1. The average molecular weight is 550 g/mol. The molecule has 188 valence electrons. The summed E-state index contributed by atoms with van der Waals surface area (Å²) in [6.45, 7) is 2.85. The standard InChI is InChI=1S/C24H22Cl2FN5O3S/c25-18-12-15(36(34,35)29-7-10-32-8-1-2-9-32)13-19(26)22(18)31-23-16-5-6-28-24(33)21(16)17-11-14(27)3-4-20(17)30-23/h3-6,11-13,29H,1-2,7-10H2,(H,28,33)(H,30,31). The van der Waals surface area contributed by atoms with E-state index in [4.69, 9.17) is 23.2 Å². The molecule has 2 aromatic heterocycles. The normalized spacial score (nSPS) is 14.6. The van der Waals surface area contributed by atoms with Crippen LogP contribution < -0.4 is 15.6 Å². The number of likely N-dealkylation sites (tertiary alicyclic amines) is 1. The Morgan fingerprint density at radius 1 is 1.06 bits per heavy atom. The van der Waals surface area contributed by atoms with Crippen molar-refractivity contribution in [3.8, 4) is 0 Å². The van der Waals surface area contributed by atoms with Crippen LogP contribution in [0.2, 0.25) is 10.0 Å². The summed E-state index contributed by atoms with van der Waals surface area (Å²) in [6.07, 6.45) is 3.70. The molecule has 0 spiro atoms. The van der Waals surface area contributed by atoms with Crippen molar-refractivity contribution in [1.82, 2.24) is 19.6 Å². The van der Waals surface area contributed by atoms with Crippen molar-refractivity contribution < 1.29 is 12.8 Å². The van der Waals surface area contributed by atoms with E-state index in [2.05, 4.69) is 24.9 Å². The summed E-state index contributed by atoms with van der Waals surface area (Å²) in [5.41, 5.74) is 0.203. The molecular formula is C24H22Cl2FN5O3S. The minimum absolute atomic E-state index is 0.0569. The Bertz CT molecular complexity index is 1620. The van der Waals surface area contributed by atoms with Gasteiger partial charge in [-0.15, -0.1) is 0 Å². The minimum atomic E-state index is -3.83. The molecule has 0 radical (unpaired) electrons. The molecule has 2 aromatic carbocycles. The van der Waals surface area contributed by atoms with E-state index in [-0.39, 0.29) is 38.4 Å². The maximum Gasteiger partial charge on any atom is 0.256 e. The number of H-pyrrole nitrogens is 1. The molecule has 1 fully saturated rings. The number of aromatic nitrogens is 2. The number of halogens is 3. The number of rotatable bonds is 7. The lowest BCUT2D eigenvalue weighted by Crippen LogP contribution is -2.33. The van der Waals surface area contributed by atoms with Gasteiger partial charge in [0, 0.05) is 30.1 Å². The van der Waals surface area contributed by atoms with E-state index in [1.165, 1.54) is 36.5 Å². The monoisotopic (exact) mass is 549 g/mol. The zero-order chi connectivity index (χ0) is 25.4. The van der Waals surface area contributed by atoms with Crippen molar-refractivity contribution in [3.05, 3.63) is 68.8 Å². The lowest BCUT2D eigenvalue weighted by molar-refractivity contribution is 0.344. The van der Waals surface area contributed by atoms with Crippen molar-refractivity contribution in [2.24, 2.45) is 0 Å². The Kier molecular flexibility index (Phi) is 6.88. The van der Waals surface area contributed by atoms with Crippen LogP contribution in [0, 0.1) is 5.82 Å². The topological polar surface area (TPSA) is 107 Å². The highest BCUT2D eigenvalue weighted by Crippen LogP contribution is 2.37. The summed E-state index contributed by atoms with van der Waals surface area (Å²) in [6, 6.07) is 8.20. The van der Waals surface area contributed by atoms with Gasteiger partial charge >= 0.3 is 0 Å². The molecule has 0 bridgehead atoms. The number of nitrogens with one attached hydrogen (secondary N) is 3. The Morgan fingerprint density at radius 3 is 2.50 bits per heavy atom. The van der Waals surface area contributed by atoms with Gasteiger partial charge in [-0.2, -0.15) is 0 Å². The van der Waals surface area contributed by atoms with Crippen LogP contribution in [0.5, 0.6) is 0 Å². The number of anilines is 2. The average Bonchev–Trinajstić information content (AvgIpc) is 3.35. The van der Waals surface area contributed by atoms with Gasteiger partial charge < -0.3 is 15.2 Å². The first-order valence-electron chi connectivity index (χ1n) is 11.3. The number of nitrogens with zero attached hydrogens (tertiary/aromatic N) is 2. The summed E-state index contributed by atoms with van der Waals surface area (Å²) in [4.78, 5) is 21.9. The number of benzene rings is 2. The molecule has 1 saturated heterocycles. The molecular weight excluding hydrogens is 528 g/mol. The zero-order valence-electron chi connectivity index (χ0n) is 18.9. The molecule has 12 heteroatoms. The predicted octanol–water partition coefficient (Wildman–Crippen LogP) is 4.64. The van der Waals surface area contributed by atoms with E-state index in [9.17, 15) is 17.6 Å². The second kappa shape index (κ2) is 9.95. The SMILES string of the molecule is O=c1[nH]ccc2c(Nc3c(Cl)cc(S(=O)(=O)NCCN4CCCC4)cc3Cl)nc3ccc(F)cc3c12. The molecule has 5 rings (SSSR count). The summed E-state index contributed by atoms with van der Waals surface area (Å²) in [7, 11) is -3.83. The fourth-order valence-electron chi connectivity index (χ4n) is 4.40. The first-order valence-corrected chi connectivity index (χ1v) is 13.6. The Balaban J connectivity index is 1.48. The van der Waals surface area contributed by atoms with Crippen LogP contribution in [0.25, 0.3) is 21.7 Å². The van der Waals surface area contributed by atoms with Crippen LogP contribution >= 0.6 is 23.2 Å². The van der Waals surface area contributed by atoms with Gasteiger partial charge in [-0.05, 0) is 62.3 Å². The number of hydrogen-bond acceptors (Lipinski definition) is 6. The highest BCUT2D eigenvalue weighted by atomic mass is 35.5. The molecule has 3 heterocycles. The largest absolute Gasteiger partial charge is 0.337 e. The van der Waals surface area contributed by atoms with E-state index in [1.54, 1.807) is 6.07 Å².